The Morgan fingerprint density at radius 3 is 2.50 bits per heavy atom. The van der Waals surface area contributed by atoms with Crippen LogP contribution in [0.25, 0.3) is 0 Å². The summed E-state index contributed by atoms with van der Waals surface area (Å²) in [6.07, 6.45) is 1.14. The molecular weight excluding hydrogens is 380 g/mol. The number of hydrogen-bond acceptors (Lipinski definition) is 4. The van der Waals surface area contributed by atoms with Crippen LogP contribution >= 0.6 is 11.6 Å². The first-order chi connectivity index (χ1) is 13.4. The van der Waals surface area contributed by atoms with Crippen molar-refractivity contribution in [3.63, 3.8) is 0 Å². The molecule has 0 spiro atoms. The molecule has 0 radical (unpaired) electrons. The minimum Gasteiger partial charge on any atom is -0.495 e. The highest BCUT2D eigenvalue weighted by atomic mass is 35.5. The van der Waals surface area contributed by atoms with Crippen molar-refractivity contribution < 1.29 is 19.1 Å². The summed E-state index contributed by atoms with van der Waals surface area (Å²) in [5.41, 5.74) is -0.137. The van der Waals surface area contributed by atoms with Crippen molar-refractivity contribution in [1.82, 2.24) is 10.2 Å². The highest BCUT2D eigenvalue weighted by Crippen LogP contribution is 2.34. The van der Waals surface area contributed by atoms with E-state index in [1.807, 2.05) is 37.3 Å². The molecular formula is C21H21ClN2O4. The molecule has 6 nitrogen and oxygen atoms in total. The average Bonchev–Trinajstić information content (AvgIpc) is 2.94. The lowest BCUT2D eigenvalue weighted by Crippen LogP contribution is -2.44. The van der Waals surface area contributed by atoms with Gasteiger partial charge in [-0.05, 0) is 30.2 Å². The summed E-state index contributed by atoms with van der Waals surface area (Å²) in [6.45, 7) is 1.59. The summed E-state index contributed by atoms with van der Waals surface area (Å²) in [5.74, 6) is -0.355. The number of ketones is 1. The van der Waals surface area contributed by atoms with Crippen molar-refractivity contribution in [3.8, 4) is 5.75 Å². The Morgan fingerprint density at radius 1 is 1.18 bits per heavy atom. The minimum atomic E-state index is -1.15. The zero-order chi connectivity index (χ0) is 20.3. The average molecular weight is 401 g/mol. The molecule has 3 amide bonds. The second-order valence-electron chi connectivity index (χ2n) is 6.62. The Hall–Kier alpha value is -2.86. The first-order valence-electron chi connectivity index (χ1n) is 8.99. The summed E-state index contributed by atoms with van der Waals surface area (Å²) in [6, 6.07) is 13.1. The molecule has 1 heterocycles. The molecule has 0 unspecified atom stereocenters. The molecule has 1 saturated heterocycles. The van der Waals surface area contributed by atoms with Gasteiger partial charge in [-0.25, -0.2) is 4.79 Å². The second-order valence-corrected chi connectivity index (χ2v) is 7.02. The van der Waals surface area contributed by atoms with Crippen LogP contribution in [-0.2, 0) is 10.3 Å². The lowest BCUT2D eigenvalue weighted by Gasteiger charge is -2.26. The number of carbonyl (C=O) groups excluding carboxylic acids is 3. The quantitative estimate of drug-likeness (QED) is 0.567. The van der Waals surface area contributed by atoms with Gasteiger partial charge >= 0.3 is 6.03 Å². The molecule has 0 bridgehead atoms. The van der Waals surface area contributed by atoms with E-state index in [4.69, 9.17) is 16.3 Å². The Labute approximate surface area is 168 Å². The van der Waals surface area contributed by atoms with E-state index in [2.05, 4.69) is 5.32 Å². The van der Waals surface area contributed by atoms with Crippen LogP contribution in [-0.4, -0.2) is 36.3 Å². The van der Waals surface area contributed by atoms with E-state index < -0.39 is 17.5 Å². The van der Waals surface area contributed by atoms with Crippen LogP contribution in [0, 0.1) is 0 Å². The molecule has 2 aromatic rings. The maximum atomic E-state index is 13.2. The number of nitrogens with one attached hydrogen (secondary N) is 1. The third-order valence-corrected chi connectivity index (χ3v) is 5.14. The number of imide groups is 1. The molecule has 1 atom stereocenters. The number of urea groups is 1. The zero-order valence-electron chi connectivity index (χ0n) is 15.7. The van der Waals surface area contributed by atoms with Crippen molar-refractivity contribution >= 4 is 29.3 Å². The predicted molar refractivity (Wildman–Crippen MR) is 106 cm³/mol. The van der Waals surface area contributed by atoms with Gasteiger partial charge in [0, 0.05) is 5.56 Å². The lowest BCUT2D eigenvalue weighted by atomic mass is 9.85. The number of carbonyl (C=O) groups is 3. The summed E-state index contributed by atoms with van der Waals surface area (Å²) in [5, 5.41) is 3.10. The first kappa shape index (κ1) is 19.9. The number of benzene rings is 2. The number of Topliss-reactive ketones (excluding diaryl/α,β-unsaturated/α-hetero) is 1. The van der Waals surface area contributed by atoms with Gasteiger partial charge in [-0.2, -0.15) is 0 Å². The van der Waals surface area contributed by atoms with Gasteiger partial charge in [0.25, 0.3) is 5.91 Å². The van der Waals surface area contributed by atoms with E-state index in [0.717, 1.165) is 4.90 Å². The van der Waals surface area contributed by atoms with Gasteiger partial charge in [-0.3, -0.25) is 14.5 Å². The lowest BCUT2D eigenvalue weighted by molar-refractivity contribution is -0.131. The highest BCUT2D eigenvalue weighted by molar-refractivity contribution is 6.32. The number of rotatable bonds is 7. The van der Waals surface area contributed by atoms with Crippen molar-refractivity contribution in [2.24, 2.45) is 0 Å². The molecule has 1 fully saturated rings. The topological polar surface area (TPSA) is 75.7 Å². The second kappa shape index (κ2) is 8.02. The fourth-order valence-electron chi connectivity index (χ4n) is 3.45. The smallest absolute Gasteiger partial charge is 0.325 e. The molecule has 7 heteroatoms. The molecule has 146 valence electrons. The van der Waals surface area contributed by atoms with Crippen molar-refractivity contribution in [1.29, 1.82) is 0 Å². The van der Waals surface area contributed by atoms with Crippen LogP contribution in [0.5, 0.6) is 5.75 Å². The molecule has 0 aromatic heterocycles. The molecule has 1 aliphatic rings. The van der Waals surface area contributed by atoms with Crippen molar-refractivity contribution in [2.45, 2.75) is 25.3 Å². The normalized spacial score (nSPS) is 18.9. The van der Waals surface area contributed by atoms with E-state index in [0.29, 0.717) is 29.7 Å². The first-order valence-corrected chi connectivity index (χ1v) is 9.37. The Morgan fingerprint density at radius 2 is 1.89 bits per heavy atom. The van der Waals surface area contributed by atoms with Crippen LogP contribution in [0.3, 0.4) is 0 Å². The number of halogens is 1. The zero-order valence-corrected chi connectivity index (χ0v) is 16.5. The van der Waals surface area contributed by atoms with E-state index in [9.17, 15) is 14.4 Å². The van der Waals surface area contributed by atoms with Crippen molar-refractivity contribution in [3.05, 3.63) is 64.7 Å². The van der Waals surface area contributed by atoms with Crippen LogP contribution in [0.2, 0.25) is 5.02 Å². The maximum absolute atomic E-state index is 13.2. The summed E-state index contributed by atoms with van der Waals surface area (Å²) < 4.78 is 5.08. The molecule has 0 aliphatic carbocycles. The molecule has 28 heavy (non-hydrogen) atoms. The monoisotopic (exact) mass is 400 g/mol. The molecule has 1 N–H and O–H groups in total. The van der Waals surface area contributed by atoms with Gasteiger partial charge in [0.05, 0.1) is 18.7 Å². The van der Waals surface area contributed by atoms with E-state index in [1.165, 1.54) is 13.2 Å². The maximum Gasteiger partial charge on any atom is 0.325 e. The van der Waals surface area contributed by atoms with Gasteiger partial charge in [0.15, 0.2) is 5.78 Å². The Kier molecular flexibility index (Phi) is 5.70. The predicted octanol–water partition coefficient (Wildman–Crippen LogP) is 3.78. The van der Waals surface area contributed by atoms with Gasteiger partial charge in [0.2, 0.25) is 0 Å². The molecule has 1 aliphatic heterocycles. The SMILES string of the molecule is CCC[C@]1(c2ccccc2)NC(=O)N(CC(=O)c2ccc(OC)c(Cl)c2)C1=O. The minimum absolute atomic E-state index is 0.287. The van der Waals surface area contributed by atoms with Gasteiger partial charge in [0.1, 0.15) is 11.3 Å². The van der Waals surface area contributed by atoms with Crippen LogP contribution in [0.15, 0.2) is 48.5 Å². The fraction of sp³-hybridized carbons (Fsp3) is 0.286. The van der Waals surface area contributed by atoms with E-state index in [-0.39, 0.29) is 17.4 Å². The third kappa shape index (κ3) is 3.47. The number of amides is 3. The van der Waals surface area contributed by atoms with Crippen LogP contribution < -0.4 is 10.1 Å². The van der Waals surface area contributed by atoms with Crippen molar-refractivity contribution in [2.75, 3.05) is 13.7 Å². The van der Waals surface area contributed by atoms with E-state index in [1.54, 1.807) is 12.1 Å². The Bertz CT molecular complexity index is 916. The summed E-state index contributed by atoms with van der Waals surface area (Å²) in [7, 11) is 1.48. The summed E-state index contributed by atoms with van der Waals surface area (Å²) >= 11 is 6.08. The molecule has 0 saturated carbocycles. The van der Waals surface area contributed by atoms with Crippen LogP contribution in [0.1, 0.15) is 35.7 Å². The van der Waals surface area contributed by atoms with E-state index >= 15 is 0 Å². The number of ether oxygens (including phenoxy) is 1. The number of hydrogen-bond donors (Lipinski definition) is 1. The van der Waals surface area contributed by atoms with Gasteiger partial charge in [-0.15, -0.1) is 0 Å². The molecule has 3 rings (SSSR count). The number of methoxy groups -OCH3 is 1. The standard InChI is InChI=1S/C21H21ClN2O4/c1-3-11-21(15-7-5-4-6-8-15)19(26)24(20(27)23-21)13-17(25)14-9-10-18(28-2)16(22)12-14/h4-10,12H,3,11,13H2,1-2H3,(H,23,27)/t21-/m1/s1. The third-order valence-electron chi connectivity index (χ3n) is 4.84. The largest absolute Gasteiger partial charge is 0.495 e. The number of nitrogens with zero attached hydrogens (tertiary/aromatic N) is 1. The van der Waals surface area contributed by atoms with Gasteiger partial charge in [-0.1, -0.05) is 55.3 Å². The Balaban J connectivity index is 1.87. The van der Waals surface area contributed by atoms with Gasteiger partial charge < -0.3 is 10.1 Å². The molecule has 2 aromatic carbocycles. The fourth-order valence-corrected chi connectivity index (χ4v) is 3.71. The summed E-state index contributed by atoms with van der Waals surface area (Å²) in [4.78, 5) is 39.4. The van der Waals surface area contributed by atoms with Crippen LogP contribution in [0.4, 0.5) is 4.79 Å². The highest BCUT2D eigenvalue weighted by Gasteiger charge is 2.52.